The van der Waals surface area contributed by atoms with Crippen molar-refractivity contribution in [1.82, 2.24) is 4.90 Å². The molecule has 2 rings (SSSR count). The lowest BCUT2D eigenvalue weighted by Gasteiger charge is -2.32. The third kappa shape index (κ3) is 3.21. The zero-order chi connectivity index (χ0) is 13.8. The summed E-state index contributed by atoms with van der Waals surface area (Å²) >= 11 is 0. The molecule has 0 bridgehead atoms. The second-order valence-corrected chi connectivity index (χ2v) is 4.48. The van der Waals surface area contributed by atoms with Crippen LogP contribution in [0.2, 0.25) is 0 Å². The number of nitrogens with one attached hydrogen (secondary N) is 1. The predicted molar refractivity (Wildman–Crippen MR) is 67.4 cm³/mol. The Balaban J connectivity index is 2.05. The molecular weight excluding hydrogens is 251 g/mol. The molecular formula is C13H15FN2O3. The van der Waals surface area contributed by atoms with Crippen LogP contribution in [-0.2, 0) is 4.79 Å². The van der Waals surface area contributed by atoms with E-state index in [-0.39, 0.29) is 5.82 Å². The largest absolute Gasteiger partial charge is 0.480 e. The van der Waals surface area contributed by atoms with Gasteiger partial charge >= 0.3 is 12.0 Å². The van der Waals surface area contributed by atoms with Gasteiger partial charge in [0.2, 0.25) is 0 Å². The van der Waals surface area contributed by atoms with Gasteiger partial charge < -0.3 is 15.3 Å². The van der Waals surface area contributed by atoms with Crippen LogP contribution in [0.25, 0.3) is 0 Å². The fourth-order valence-electron chi connectivity index (χ4n) is 2.16. The fraction of sp³-hybridized carbons (Fsp3) is 0.385. The molecule has 2 amide bonds. The van der Waals surface area contributed by atoms with Gasteiger partial charge in [-0.05, 0) is 43.5 Å². The molecule has 6 heteroatoms. The Kier molecular flexibility index (Phi) is 3.99. The molecule has 1 aliphatic rings. The van der Waals surface area contributed by atoms with Crippen LogP contribution in [-0.4, -0.2) is 34.6 Å². The van der Waals surface area contributed by atoms with Crippen molar-refractivity contribution >= 4 is 17.7 Å². The van der Waals surface area contributed by atoms with Gasteiger partial charge in [0, 0.05) is 12.2 Å². The smallest absolute Gasteiger partial charge is 0.326 e. The normalized spacial score (nSPS) is 19.0. The van der Waals surface area contributed by atoms with Crippen LogP contribution in [0, 0.1) is 5.82 Å². The van der Waals surface area contributed by atoms with Crippen molar-refractivity contribution < 1.29 is 19.1 Å². The second kappa shape index (κ2) is 5.69. The minimum absolute atomic E-state index is 0.389. The third-order valence-electron chi connectivity index (χ3n) is 3.14. The number of aliphatic carboxylic acids is 1. The van der Waals surface area contributed by atoms with Crippen molar-refractivity contribution in [2.24, 2.45) is 0 Å². The molecule has 0 aliphatic carbocycles. The highest BCUT2D eigenvalue weighted by molar-refractivity contribution is 5.92. The van der Waals surface area contributed by atoms with E-state index >= 15 is 0 Å². The van der Waals surface area contributed by atoms with E-state index < -0.39 is 18.0 Å². The van der Waals surface area contributed by atoms with Gasteiger partial charge in [-0.25, -0.2) is 14.0 Å². The van der Waals surface area contributed by atoms with E-state index in [0.717, 1.165) is 12.8 Å². The standard InChI is InChI=1S/C13H15FN2O3/c14-9-4-6-10(7-5-9)15-13(19)16-8-2-1-3-11(16)12(17)18/h4-7,11H,1-3,8H2,(H,15,19)(H,17,18). The van der Waals surface area contributed by atoms with Gasteiger partial charge in [-0.15, -0.1) is 0 Å². The maximum atomic E-state index is 12.7. The highest BCUT2D eigenvalue weighted by Crippen LogP contribution is 2.19. The molecule has 19 heavy (non-hydrogen) atoms. The molecule has 1 aromatic carbocycles. The average molecular weight is 266 g/mol. The summed E-state index contributed by atoms with van der Waals surface area (Å²) in [6, 6.07) is 4.11. The molecule has 0 aromatic heterocycles. The summed E-state index contributed by atoms with van der Waals surface area (Å²) in [5, 5.41) is 11.7. The van der Waals surface area contributed by atoms with Gasteiger partial charge in [0.25, 0.3) is 0 Å². The minimum Gasteiger partial charge on any atom is -0.480 e. The molecule has 1 aliphatic heterocycles. The SMILES string of the molecule is O=C(O)C1CCCCN1C(=O)Nc1ccc(F)cc1. The van der Waals surface area contributed by atoms with Gasteiger partial charge in [-0.3, -0.25) is 0 Å². The number of likely N-dealkylation sites (tertiary alicyclic amines) is 1. The van der Waals surface area contributed by atoms with E-state index in [2.05, 4.69) is 5.32 Å². The Bertz CT molecular complexity index is 475. The Labute approximate surface area is 110 Å². The van der Waals surface area contributed by atoms with E-state index in [1.807, 2.05) is 0 Å². The van der Waals surface area contributed by atoms with Crippen LogP contribution < -0.4 is 5.32 Å². The number of urea groups is 1. The monoisotopic (exact) mass is 266 g/mol. The van der Waals surface area contributed by atoms with Crippen LogP contribution in [0.1, 0.15) is 19.3 Å². The third-order valence-corrected chi connectivity index (χ3v) is 3.14. The number of anilines is 1. The fourth-order valence-corrected chi connectivity index (χ4v) is 2.16. The maximum absolute atomic E-state index is 12.7. The highest BCUT2D eigenvalue weighted by atomic mass is 19.1. The van der Waals surface area contributed by atoms with E-state index in [1.54, 1.807) is 0 Å². The lowest BCUT2D eigenvalue weighted by atomic mass is 10.0. The molecule has 1 atom stereocenters. The van der Waals surface area contributed by atoms with Crippen LogP contribution in [0.5, 0.6) is 0 Å². The summed E-state index contributed by atoms with van der Waals surface area (Å²) in [4.78, 5) is 24.4. The topological polar surface area (TPSA) is 69.6 Å². The Hall–Kier alpha value is -2.11. The van der Waals surface area contributed by atoms with Crippen LogP contribution in [0.15, 0.2) is 24.3 Å². The van der Waals surface area contributed by atoms with Gasteiger partial charge in [0.1, 0.15) is 11.9 Å². The van der Waals surface area contributed by atoms with E-state index in [1.165, 1.54) is 29.2 Å². The lowest BCUT2D eigenvalue weighted by Crippen LogP contribution is -2.49. The Morgan fingerprint density at radius 3 is 2.58 bits per heavy atom. The van der Waals surface area contributed by atoms with E-state index in [9.17, 15) is 14.0 Å². The summed E-state index contributed by atoms with van der Waals surface area (Å²) in [5.41, 5.74) is 0.445. The van der Waals surface area contributed by atoms with Crippen LogP contribution in [0.3, 0.4) is 0 Å². The summed E-state index contributed by atoms with van der Waals surface area (Å²) in [6.07, 6.45) is 2.06. The van der Waals surface area contributed by atoms with Crippen molar-refractivity contribution in [2.75, 3.05) is 11.9 Å². The molecule has 1 heterocycles. The first-order chi connectivity index (χ1) is 9.08. The molecule has 1 saturated heterocycles. The van der Waals surface area contributed by atoms with Crippen LogP contribution >= 0.6 is 0 Å². The first kappa shape index (κ1) is 13.3. The number of carboxylic acids is 1. The van der Waals surface area contributed by atoms with Crippen molar-refractivity contribution in [3.8, 4) is 0 Å². The summed E-state index contributed by atoms with van der Waals surface area (Å²) in [5.74, 6) is -1.38. The average Bonchev–Trinajstić information content (AvgIpc) is 2.41. The second-order valence-electron chi connectivity index (χ2n) is 4.48. The number of nitrogens with zero attached hydrogens (tertiary/aromatic N) is 1. The van der Waals surface area contributed by atoms with Gasteiger partial charge in [0.15, 0.2) is 0 Å². The molecule has 1 fully saturated rings. The molecule has 0 spiro atoms. The number of carbonyl (C=O) groups is 2. The number of piperidine rings is 1. The quantitative estimate of drug-likeness (QED) is 0.862. The highest BCUT2D eigenvalue weighted by Gasteiger charge is 2.31. The van der Waals surface area contributed by atoms with Gasteiger partial charge in [0.05, 0.1) is 0 Å². The number of hydrogen-bond acceptors (Lipinski definition) is 2. The van der Waals surface area contributed by atoms with Crippen molar-refractivity contribution in [1.29, 1.82) is 0 Å². The molecule has 0 radical (unpaired) electrons. The zero-order valence-corrected chi connectivity index (χ0v) is 10.3. The summed E-state index contributed by atoms with van der Waals surface area (Å²) < 4.78 is 12.7. The van der Waals surface area contributed by atoms with Gasteiger partial charge in [-0.1, -0.05) is 0 Å². The Morgan fingerprint density at radius 1 is 1.26 bits per heavy atom. The number of rotatable bonds is 2. The molecule has 2 N–H and O–H groups in total. The maximum Gasteiger partial charge on any atom is 0.326 e. The van der Waals surface area contributed by atoms with Crippen molar-refractivity contribution in [3.05, 3.63) is 30.1 Å². The zero-order valence-electron chi connectivity index (χ0n) is 10.3. The molecule has 102 valence electrons. The van der Waals surface area contributed by atoms with Crippen molar-refractivity contribution in [2.45, 2.75) is 25.3 Å². The number of amides is 2. The molecule has 0 saturated carbocycles. The number of hydrogen-bond donors (Lipinski definition) is 2. The lowest BCUT2D eigenvalue weighted by molar-refractivity contribution is -0.143. The van der Waals surface area contributed by atoms with Crippen molar-refractivity contribution in [3.63, 3.8) is 0 Å². The molecule has 1 unspecified atom stereocenters. The summed E-state index contributed by atoms with van der Waals surface area (Å²) in [6.45, 7) is 0.421. The Morgan fingerprint density at radius 2 is 1.95 bits per heavy atom. The molecule has 5 nitrogen and oxygen atoms in total. The minimum atomic E-state index is -0.992. The number of carbonyl (C=O) groups excluding carboxylic acids is 1. The van der Waals surface area contributed by atoms with Crippen LogP contribution in [0.4, 0.5) is 14.9 Å². The first-order valence-corrected chi connectivity index (χ1v) is 6.14. The molecule has 1 aromatic rings. The van der Waals surface area contributed by atoms with E-state index in [4.69, 9.17) is 5.11 Å². The van der Waals surface area contributed by atoms with Gasteiger partial charge in [-0.2, -0.15) is 0 Å². The van der Waals surface area contributed by atoms with E-state index in [0.29, 0.717) is 18.7 Å². The summed E-state index contributed by atoms with van der Waals surface area (Å²) in [7, 11) is 0. The number of carboxylic acid groups (broad SMARTS) is 1. The number of halogens is 1. The predicted octanol–water partition coefficient (Wildman–Crippen LogP) is 2.30. The first-order valence-electron chi connectivity index (χ1n) is 6.14. The number of benzene rings is 1.